The van der Waals surface area contributed by atoms with Crippen LogP contribution in [-0.4, -0.2) is 32.7 Å². The molecule has 1 fully saturated rings. The average molecular weight is 517 g/mol. The fraction of sp³-hybridized carbons (Fsp3) is 0.296. The number of hydrogen-bond acceptors (Lipinski definition) is 7. The van der Waals surface area contributed by atoms with E-state index >= 15 is 0 Å². The van der Waals surface area contributed by atoms with Gasteiger partial charge < -0.3 is 20.3 Å². The van der Waals surface area contributed by atoms with Gasteiger partial charge in [-0.15, -0.1) is 0 Å². The molecule has 190 valence electrons. The molecule has 9 nitrogen and oxygen atoms in total. The molecule has 3 heterocycles. The van der Waals surface area contributed by atoms with Gasteiger partial charge in [0.15, 0.2) is 10.8 Å². The van der Waals surface area contributed by atoms with Crippen LogP contribution in [0.3, 0.4) is 0 Å². The van der Waals surface area contributed by atoms with Crippen molar-refractivity contribution in [2.45, 2.75) is 44.6 Å². The minimum atomic E-state index is -0.391. The van der Waals surface area contributed by atoms with Crippen molar-refractivity contribution in [2.75, 3.05) is 17.2 Å². The molecule has 6 rings (SSSR count). The summed E-state index contributed by atoms with van der Waals surface area (Å²) in [5, 5.41) is 9.43. The lowest BCUT2D eigenvalue weighted by Gasteiger charge is -2.12. The molecule has 2 aromatic carbocycles. The van der Waals surface area contributed by atoms with Crippen LogP contribution in [0, 0.1) is 0 Å². The summed E-state index contributed by atoms with van der Waals surface area (Å²) < 4.78 is 14.4. The molecule has 37 heavy (non-hydrogen) atoms. The molecule has 2 amide bonds. The number of urea groups is 1. The summed E-state index contributed by atoms with van der Waals surface area (Å²) in [5.74, 6) is 1.90. The normalized spacial score (nSPS) is 14.7. The van der Waals surface area contributed by atoms with E-state index in [1.165, 1.54) is 0 Å². The van der Waals surface area contributed by atoms with Crippen molar-refractivity contribution in [3.63, 3.8) is 0 Å². The number of carbonyl (C=O) groups is 1. The minimum absolute atomic E-state index is 0.143. The minimum Gasteiger partial charge on any atom is -0.492 e. The lowest BCUT2D eigenvalue weighted by Crippen LogP contribution is -2.29. The Morgan fingerprint density at radius 3 is 2.65 bits per heavy atom. The number of thiazole rings is 1. The quantitative estimate of drug-likeness (QED) is 0.254. The number of fused-ring (bicyclic) bond motifs is 3. The van der Waals surface area contributed by atoms with Crippen LogP contribution < -0.4 is 21.1 Å². The van der Waals surface area contributed by atoms with Crippen molar-refractivity contribution < 1.29 is 14.1 Å². The second kappa shape index (κ2) is 8.60. The van der Waals surface area contributed by atoms with Crippen molar-refractivity contribution in [1.29, 1.82) is 0 Å². The number of ether oxygens (including phenoxy) is 1. The molecular weight excluding hydrogens is 488 g/mol. The van der Waals surface area contributed by atoms with Crippen LogP contribution in [0.4, 0.5) is 16.3 Å². The number of nitrogens with zero attached hydrogens (tertiary/aromatic N) is 3. The summed E-state index contributed by atoms with van der Waals surface area (Å²) in [5.41, 5.74) is 9.36. The van der Waals surface area contributed by atoms with Crippen molar-refractivity contribution in [3.05, 3.63) is 60.5 Å². The first-order valence-electron chi connectivity index (χ1n) is 12.1. The average Bonchev–Trinajstić information content (AvgIpc) is 3.19. The molecule has 0 atom stereocenters. The van der Waals surface area contributed by atoms with Gasteiger partial charge in [0.1, 0.15) is 18.1 Å². The van der Waals surface area contributed by atoms with E-state index < -0.39 is 6.03 Å². The molecule has 0 saturated heterocycles. The lowest BCUT2D eigenvalue weighted by molar-refractivity contribution is 0.262. The number of rotatable bonds is 6. The number of anilines is 2. The molecule has 1 saturated carbocycles. The third kappa shape index (κ3) is 4.90. The van der Waals surface area contributed by atoms with Gasteiger partial charge in [-0.2, -0.15) is 0 Å². The number of imidazole rings is 1. The van der Waals surface area contributed by atoms with Crippen LogP contribution in [-0.2, 0) is 5.41 Å². The van der Waals surface area contributed by atoms with Gasteiger partial charge in [-0.3, -0.25) is 9.72 Å². The molecule has 1 aliphatic rings. The van der Waals surface area contributed by atoms with E-state index in [1.807, 2.05) is 57.3 Å². The number of carbonyl (C=O) groups excluding carboxylic acids is 1. The maximum Gasteiger partial charge on any atom is 0.324 e. The zero-order valence-corrected chi connectivity index (χ0v) is 21.7. The first-order valence-corrected chi connectivity index (χ1v) is 13.0. The highest BCUT2D eigenvalue weighted by atomic mass is 32.1. The topological polar surface area (TPSA) is 120 Å². The Morgan fingerprint density at radius 2 is 1.95 bits per heavy atom. The second-order valence-corrected chi connectivity index (χ2v) is 11.7. The van der Waals surface area contributed by atoms with Gasteiger partial charge in [0.05, 0.1) is 21.4 Å². The third-order valence-electron chi connectivity index (χ3n) is 6.41. The van der Waals surface area contributed by atoms with E-state index in [2.05, 4.69) is 32.3 Å². The zero-order valence-electron chi connectivity index (χ0n) is 20.9. The van der Waals surface area contributed by atoms with E-state index in [1.54, 1.807) is 17.4 Å². The van der Waals surface area contributed by atoms with Gasteiger partial charge in [0.25, 0.3) is 0 Å². The maximum atomic E-state index is 12.4. The predicted molar refractivity (Wildman–Crippen MR) is 146 cm³/mol. The molecule has 4 N–H and O–H groups in total. The molecule has 0 aliphatic heterocycles. The second-order valence-electron chi connectivity index (χ2n) is 10.6. The molecule has 0 unspecified atom stereocenters. The van der Waals surface area contributed by atoms with Crippen molar-refractivity contribution >= 4 is 44.1 Å². The molecule has 1 aliphatic carbocycles. The highest BCUT2D eigenvalue weighted by Crippen LogP contribution is 2.35. The number of nitrogens with one attached hydrogen (secondary N) is 2. The molecule has 0 bridgehead atoms. The highest BCUT2D eigenvalue weighted by molar-refractivity contribution is 7.23. The van der Waals surface area contributed by atoms with Gasteiger partial charge in [0, 0.05) is 28.9 Å². The Hall–Kier alpha value is -3.89. The monoisotopic (exact) mass is 516 g/mol. The predicted octanol–water partition coefficient (Wildman–Crippen LogP) is 6.02. The van der Waals surface area contributed by atoms with Gasteiger partial charge >= 0.3 is 6.03 Å². The summed E-state index contributed by atoms with van der Waals surface area (Å²) in [6.07, 6.45) is 4.08. The summed E-state index contributed by atoms with van der Waals surface area (Å²) >= 11 is 1.62. The standard InChI is InChI=1S/C27H28N6O3S/c1-26(2,3)22-13-23(32-36-22)31-24(34)29-17-6-4-16(5-7-17)19-14-33-20-9-8-18(35-15-27(28)10-11-27)12-21(20)37-25(33)30-19/h4-9,12-14H,10-11,15,28H2,1-3H3,(H2,29,31,32,34). The molecule has 0 spiro atoms. The molecule has 3 aromatic heterocycles. The SMILES string of the molecule is CC(C)(C)c1cc(NC(=O)Nc2ccc(-c3cn4c(n3)sc3cc(OCC5(N)CC5)ccc34)cc2)no1. The third-order valence-corrected chi connectivity index (χ3v) is 7.43. The lowest BCUT2D eigenvalue weighted by atomic mass is 9.93. The van der Waals surface area contributed by atoms with E-state index in [-0.39, 0.29) is 11.0 Å². The van der Waals surface area contributed by atoms with E-state index in [9.17, 15) is 4.79 Å². The van der Waals surface area contributed by atoms with E-state index in [0.29, 0.717) is 23.9 Å². The molecule has 0 radical (unpaired) electrons. The zero-order chi connectivity index (χ0) is 25.8. The molecular formula is C27H28N6O3S. The van der Waals surface area contributed by atoms with Gasteiger partial charge in [-0.1, -0.05) is 49.4 Å². The first-order chi connectivity index (χ1) is 17.6. The van der Waals surface area contributed by atoms with Crippen molar-refractivity contribution in [1.82, 2.24) is 14.5 Å². The van der Waals surface area contributed by atoms with Gasteiger partial charge in [-0.05, 0) is 43.2 Å². The fourth-order valence-corrected chi connectivity index (χ4v) is 4.97. The van der Waals surface area contributed by atoms with Crippen LogP contribution >= 0.6 is 11.3 Å². The van der Waals surface area contributed by atoms with Crippen molar-refractivity contribution in [3.8, 4) is 17.0 Å². The smallest absolute Gasteiger partial charge is 0.324 e. The number of aromatic nitrogens is 3. The molecule has 5 aromatic rings. The summed E-state index contributed by atoms with van der Waals surface area (Å²) in [7, 11) is 0. The Morgan fingerprint density at radius 1 is 1.16 bits per heavy atom. The number of amides is 2. The van der Waals surface area contributed by atoms with E-state index in [4.69, 9.17) is 20.0 Å². The maximum absolute atomic E-state index is 12.4. The van der Waals surface area contributed by atoms with Crippen LogP contribution in [0.15, 0.2) is 59.3 Å². The van der Waals surface area contributed by atoms with Crippen LogP contribution in [0.25, 0.3) is 26.4 Å². The largest absolute Gasteiger partial charge is 0.492 e. The number of hydrogen-bond donors (Lipinski definition) is 3. The Bertz CT molecular complexity index is 1600. The first kappa shape index (κ1) is 23.5. The van der Waals surface area contributed by atoms with Crippen LogP contribution in [0.2, 0.25) is 0 Å². The summed E-state index contributed by atoms with van der Waals surface area (Å²) in [4.78, 5) is 18.1. The molecule has 10 heteroatoms. The number of nitrogens with two attached hydrogens (primary N) is 1. The van der Waals surface area contributed by atoms with Crippen LogP contribution in [0.5, 0.6) is 5.75 Å². The Balaban J connectivity index is 1.13. The Kier molecular flexibility index (Phi) is 5.46. The van der Waals surface area contributed by atoms with Crippen LogP contribution in [0.1, 0.15) is 39.4 Å². The Labute approximate surface area is 217 Å². The summed E-state index contributed by atoms with van der Waals surface area (Å²) in [6.45, 7) is 6.60. The van der Waals surface area contributed by atoms with Crippen molar-refractivity contribution in [2.24, 2.45) is 5.73 Å². The highest BCUT2D eigenvalue weighted by Gasteiger charge is 2.39. The fourth-order valence-electron chi connectivity index (χ4n) is 3.93. The van der Waals surface area contributed by atoms with Gasteiger partial charge in [0.2, 0.25) is 0 Å². The number of benzene rings is 2. The van der Waals surface area contributed by atoms with E-state index in [0.717, 1.165) is 45.0 Å². The summed E-state index contributed by atoms with van der Waals surface area (Å²) in [6, 6.07) is 15.0. The van der Waals surface area contributed by atoms with Gasteiger partial charge in [-0.25, -0.2) is 9.78 Å².